The topological polar surface area (TPSA) is 69.0 Å². The SMILES string of the molecule is CNSC(=O)c1nc(N(Cc2cccc(C)c2)c2ccc(C#N)cc2)sc1C. The van der Waals surface area contributed by atoms with Crippen molar-refractivity contribution in [3.05, 3.63) is 75.8 Å². The molecule has 0 amide bonds. The van der Waals surface area contributed by atoms with Crippen LogP contribution in [0.25, 0.3) is 0 Å². The van der Waals surface area contributed by atoms with E-state index in [1.807, 2.05) is 25.1 Å². The Labute approximate surface area is 173 Å². The first-order valence-corrected chi connectivity index (χ1v) is 10.3. The van der Waals surface area contributed by atoms with Gasteiger partial charge in [-0.15, -0.1) is 11.3 Å². The molecule has 2 aromatic carbocycles. The molecule has 1 N–H and O–H groups in total. The minimum Gasteiger partial charge on any atom is -0.313 e. The van der Waals surface area contributed by atoms with Crippen molar-refractivity contribution < 1.29 is 4.79 Å². The summed E-state index contributed by atoms with van der Waals surface area (Å²) >= 11 is 2.52. The first kappa shape index (κ1) is 20.1. The zero-order valence-corrected chi connectivity index (χ0v) is 17.5. The highest BCUT2D eigenvalue weighted by molar-refractivity contribution is 8.12. The quantitative estimate of drug-likeness (QED) is 0.580. The molecule has 7 heteroatoms. The van der Waals surface area contributed by atoms with Crippen LogP contribution >= 0.6 is 23.3 Å². The van der Waals surface area contributed by atoms with Gasteiger partial charge in [-0.3, -0.25) is 9.52 Å². The van der Waals surface area contributed by atoms with E-state index in [-0.39, 0.29) is 5.12 Å². The molecular weight excluding hydrogens is 388 g/mol. The molecule has 0 aliphatic heterocycles. The Morgan fingerprint density at radius 2 is 2.00 bits per heavy atom. The lowest BCUT2D eigenvalue weighted by atomic mass is 10.1. The number of nitriles is 1. The second kappa shape index (κ2) is 9.02. The van der Waals surface area contributed by atoms with Crippen molar-refractivity contribution in [2.75, 3.05) is 11.9 Å². The molecule has 1 aromatic heterocycles. The van der Waals surface area contributed by atoms with Crippen LogP contribution in [0.3, 0.4) is 0 Å². The van der Waals surface area contributed by atoms with E-state index in [1.165, 1.54) is 16.9 Å². The van der Waals surface area contributed by atoms with Crippen LogP contribution in [0.15, 0.2) is 48.5 Å². The Balaban J connectivity index is 2.01. The second-order valence-corrected chi connectivity index (χ2v) is 8.39. The van der Waals surface area contributed by atoms with Crippen molar-refractivity contribution in [1.82, 2.24) is 9.71 Å². The van der Waals surface area contributed by atoms with Crippen LogP contribution in [0, 0.1) is 25.2 Å². The lowest BCUT2D eigenvalue weighted by Crippen LogP contribution is -2.16. The van der Waals surface area contributed by atoms with Crippen LogP contribution in [0.1, 0.15) is 32.1 Å². The van der Waals surface area contributed by atoms with Gasteiger partial charge in [0.05, 0.1) is 18.2 Å². The van der Waals surface area contributed by atoms with Crippen molar-refractivity contribution in [3.8, 4) is 6.07 Å². The fourth-order valence-corrected chi connectivity index (χ4v) is 4.28. The highest BCUT2D eigenvalue weighted by atomic mass is 32.2. The predicted octanol–water partition coefficient (Wildman–Crippen LogP) is 4.98. The molecule has 5 nitrogen and oxygen atoms in total. The van der Waals surface area contributed by atoms with E-state index in [2.05, 4.69) is 45.8 Å². The fourth-order valence-electron chi connectivity index (χ4n) is 2.81. The van der Waals surface area contributed by atoms with E-state index in [0.717, 1.165) is 33.2 Å². The summed E-state index contributed by atoms with van der Waals surface area (Å²) < 4.78 is 2.81. The highest BCUT2D eigenvalue weighted by Gasteiger charge is 2.20. The van der Waals surface area contributed by atoms with E-state index in [9.17, 15) is 4.79 Å². The molecule has 0 aliphatic carbocycles. The molecule has 0 fully saturated rings. The molecule has 0 saturated carbocycles. The molecule has 0 saturated heterocycles. The zero-order chi connectivity index (χ0) is 20.1. The highest BCUT2D eigenvalue weighted by Crippen LogP contribution is 2.34. The number of anilines is 2. The molecule has 0 spiro atoms. The number of rotatable bonds is 6. The molecule has 0 atom stereocenters. The Bertz CT molecular complexity index is 1020. The summed E-state index contributed by atoms with van der Waals surface area (Å²) in [4.78, 5) is 19.9. The summed E-state index contributed by atoms with van der Waals surface area (Å²) in [5.41, 5.74) is 4.34. The Hall–Kier alpha value is -2.66. The average Bonchev–Trinajstić information content (AvgIpc) is 3.08. The van der Waals surface area contributed by atoms with Gasteiger partial charge in [-0.2, -0.15) is 5.26 Å². The number of aryl methyl sites for hydroxylation is 2. The first-order valence-electron chi connectivity index (χ1n) is 8.70. The lowest BCUT2D eigenvalue weighted by molar-refractivity contribution is 0.108. The Kier molecular flexibility index (Phi) is 6.47. The van der Waals surface area contributed by atoms with Gasteiger partial charge in [0.25, 0.3) is 5.12 Å². The van der Waals surface area contributed by atoms with Gasteiger partial charge in [-0.05, 0) is 50.7 Å². The van der Waals surface area contributed by atoms with Crippen LogP contribution in [-0.4, -0.2) is 17.1 Å². The summed E-state index contributed by atoms with van der Waals surface area (Å²) in [6.07, 6.45) is 0. The van der Waals surface area contributed by atoms with E-state index < -0.39 is 0 Å². The second-order valence-electron chi connectivity index (χ2n) is 6.23. The molecular formula is C21H20N4OS2. The van der Waals surface area contributed by atoms with Crippen LogP contribution in [0.4, 0.5) is 10.8 Å². The predicted molar refractivity (Wildman–Crippen MR) is 116 cm³/mol. The first-order chi connectivity index (χ1) is 13.5. The third-order valence-corrected chi connectivity index (χ3v) is 5.71. The molecule has 142 valence electrons. The van der Waals surface area contributed by atoms with E-state index in [0.29, 0.717) is 17.8 Å². The maximum atomic E-state index is 12.3. The normalized spacial score (nSPS) is 10.5. The van der Waals surface area contributed by atoms with Crippen LogP contribution < -0.4 is 9.62 Å². The van der Waals surface area contributed by atoms with Gasteiger partial charge in [0.15, 0.2) is 5.13 Å². The van der Waals surface area contributed by atoms with Crippen LogP contribution in [0.5, 0.6) is 0 Å². The van der Waals surface area contributed by atoms with E-state index >= 15 is 0 Å². The maximum Gasteiger partial charge on any atom is 0.253 e. The largest absolute Gasteiger partial charge is 0.313 e. The minimum atomic E-state index is -0.0992. The zero-order valence-electron chi connectivity index (χ0n) is 15.9. The van der Waals surface area contributed by atoms with Gasteiger partial charge in [-0.1, -0.05) is 29.8 Å². The summed E-state index contributed by atoms with van der Waals surface area (Å²) in [5.74, 6) is 0. The molecule has 0 bridgehead atoms. The molecule has 0 radical (unpaired) electrons. The maximum absolute atomic E-state index is 12.3. The van der Waals surface area contributed by atoms with Crippen molar-refractivity contribution in [3.63, 3.8) is 0 Å². The number of carbonyl (C=O) groups excluding carboxylic acids is 1. The Morgan fingerprint density at radius 1 is 1.25 bits per heavy atom. The van der Waals surface area contributed by atoms with Crippen molar-refractivity contribution in [2.45, 2.75) is 20.4 Å². The van der Waals surface area contributed by atoms with Crippen LogP contribution in [0.2, 0.25) is 0 Å². The third kappa shape index (κ3) is 4.60. The molecule has 0 aliphatic rings. The van der Waals surface area contributed by atoms with Crippen molar-refractivity contribution in [1.29, 1.82) is 5.26 Å². The number of aromatic nitrogens is 1. The van der Waals surface area contributed by atoms with Crippen LogP contribution in [-0.2, 0) is 6.54 Å². The van der Waals surface area contributed by atoms with Gasteiger partial charge in [0.2, 0.25) is 0 Å². The summed E-state index contributed by atoms with van der Waals surface area (Å²) in [5, 5.41) is 9.74. The molecule has 28 heavy (non-hydrogen) atoms. The van der Waals surface area contributed by atoms with Crippen molar-refractivity contribution >= 4 is 39.2 Å². The van der Waals surface area contributed by atoms with Crippen molar-refractivity contribution in [2.24, 2.45) is 0 Å². The van der Waals surface area contributed by atoms with Gasteiger partial charge in [-0.25, -0.2) is 4.98 Å². The monoisotopic (exact) mass is 408 g/mol. The number of hydrogen-bond donors (Lipinski definition) is 1. The fraction of sp³-hybridized carbons (Fsp3) is 0.190. The lowest BCUT2D eigenvalue weighted by Gasteiger charge is -2.22. The molecule has 3 rings (SSSR count). The number of nitrogens with zero attached hydrogens (tertiary/aromatic N) is 3. The van der Waals surface area contributed by atoms with Gasteiger partial charge in [0.1, 0.15) is 5.69 Å². The molecule has 3 aromatic rings. The van der Waals surface area contributed by atoms with Gasteiger partial charge < -0.3 is 4.90 Å². The molecule has 1 heterocycles. The summed E-state index contributed by atoms with van der Waals surface area (Å²) in [7, 11) is 1.71. The number of benzene rings is 2. The van der Waals surface area contributed by atoms with E-state index in [1.54, 1.807) is 19.2 Å². The standard InChI is InChI=1S/C21H20N4OS2/c1-14-5-4-6-17(11-14)13-25(18-9-7-16(12-22)8-10-18)21-24-19(15(2)27-21)20(26)28-23-3/h4-11,23H,13H2,1-3H3. The Morgan fingerprint density at radius 3 is 2.64 bits per heavy atom. The number of nitrogens with one attached hydrogen (secondary N) is 1. The van der Waals surface area contributed by atoms with E-state index in [4.69, 9.17) is 5.26 Å². The molecule has 0 unspecified atom stereocenters. The summed E-state index contributed by atoms with van der Waals surface area (Å²) in [6, 6.07) is 17.9. The third-order valence-electron chi connectivity index (χ3n) is 4.14. The smallest absolute Gasteiger partial charge is 0.253 e. The van der Waals surface area contributed by atoms with Gasteiger partial charge >= 0.3 is 0 Å². The number of thiazole rings is 1. The summed E-state index contributed by atoms with van der Waals surface area (Å²) in [6.45, 7) is 4.59. The van der Waals surface area contributed by atoms with Gasteiger partial charge in [0, 0.05) is 22.5 Å². The number of carbonyl (C=O) groups is 1. The average molecular weight is 409 g/mol. The minimum absolute atomic E-state index is 0.0992. The number of hydrogen-bond acceptors (Lipinski definition) is 7.